The Bertz CT molecular complexity index is 932. The minimum atomic E-state index is -0.353. The van der Waals surface area contributed by atoms with Gasteiger partial charge < -0.3 is 14.8 Å². The van der Waals surface area contributed by atoms with E-state index in [2.05, 4.69) is 15.7 Å². The third-order valence-electron chi connectivity index (χ3n) is 4.45. The zero-order valence-corrected chi connectivity index (χ0v) is 15.6. The smallest absolute Gasteiger partial charge is 0.324 e. The van der Waals surface area contributed by atoms with Gasteiger partial charge in [0.2, 0.25) is 0 Å². The highest BCUT2D eigenvalue weighted by Crippen LogP contribution is 2.26. The van der Waals surface area contributed by atoms with Crippen LogP contribution in [0.25, 0.3) is 11.1 Å². The second-order valence-corrected chi connectivity index (χ2v) is 6.64. The lowest BCUT2D eigenvalue weighted by Crippen LogP contribution is -2.20. The van der Waals surface area contributed by atoms with Crippen LogP contribution in [-0.2, 0) is 11.8 Å². The second kappa shape index (κ2) is 8.14. The fraction of sp³-hybridized carbons (Fsp3) is 0.238. The Hall–Kier alpha value is -3.32. The summed E-state index contributed by atoms with van der Waals surface area (Å²) < 4.78 is 12.8. The monoisotopic (exact) mass is 378 g/mol. The number of hydrogen-bond acceptors (Lipinski definition) is 4. The third kappa shape index (κ3) is 4.32. The van der Waals surface area contributed by atoms with E-state index in [1.54, 1.807) is 16.8 Å². The number of aryl methyl sites for hydroxylation is 1. The first-order chi connectivity index (χ1) is 13.7. The molecular weight excluding hydrogens is 356 g/mol. The van der Waals surface area contributed by atoms with Crippen LogP contribution >= 0.6 is 0 Å². The van der Waals surface area contributed by atoms with Gasteiger partial charge in [-0.25, -0.2) is 4.79 Å². The molecule has 0 spiro atoms. The normalized spacial score (nSPS) is 16.0. The molecule has 1 aliphatic rings. The van der Waals surface area contributed by atoms with Crippen molar-refractivity contribution in [1.29, 1.82) is 0 Å². The quantitative estimate of drug-likeness (QED) is 0.706. The van der Waals surface area contributed by atoms with Crippen LogP contribution in [0, 0.1) is 0 Å². The topological polar surface area (TPSA) is 77.4 Å². The largest absolute Gasteiger partial charge is 0.488 e. The molecule has 3 aromatic rings. The van der Waals surface area contributed by atoms with Gasteiger partial charge in [0.25, 0.3) is 0 Å². The summed E-state index contributed by atoms with van der Waals surface area (Å²) in [5.41, 5.74) is 2.52. The van der Waals surface area contributed by atoms with Crippen molar-refractivity contribution in [3.8, 4) is 16.9 Å². The summed E-state index contributed by atoms with van der Waals surface area (Å²) in [5, 5.41) is 9.99. The standard InChI is InChI=1S/C21H22N4O3/c1-25-13-19(15-5-3-2-4-6-15)20(24-25)23-21(26)22-16-7-9-17(10-8-16)28-18-11-12-27-14-18/h2-10,13,18H,11-12,14H2,1H3,(H2,22,23,24,26). The number of amides is 2. The molecule has 0 radical (unpaired) electrons. The predicted molar refractivity (Wildman–Crippen MR) is 108 cm³/mol. The predicted octanol–water partition coefficient (Wildman–Crippen LogP) is 3.90. The first kappa shape index (κ1) is 18.1. The number of nitrogens with one attached hydrogen (secondary N) is 2. The molecule has 7 nitrogen and oxygen atoms in total. The number of hydrogen-bond donors (Lipinski definition) is 2. The lowest BCUT2D eigenvalue weighted by Gasteiger charge is -2.12. The van der Waals surface area contributed by atoms with Gasteiger partial charge in [-0.05, 0) is 29.8 Å². The Kier molecular flexibility index (Phi) is 5.25. The molecule has 0 aliphatic carbocycles. The van der Waals surface area contributed by atoms with Gasteiger partial charge in [-0.2, -0.15) is 5.10 Å². The van der Waals surface area contributed by atoms with Crippen molar-refractivity contribution in [2.75, 3.05) is 23.8 Å². The van der Waals surface area contributed by atoms with Crippen LogP contribution in [0.3, 0.4) is 0 Å². The molecule has 1 fully saturated rings. The second-order valence-electron chi connectivity index (χ2n) is 6.64. The molecule has 28 heavy (non-hydrogen) atoms. The van der Waals surface area contributed by atoms with Crippen LogP contribution in [0.4, 0.5) is 16.3 Å². The number of ether oxygens (including phenoxy) is 2. The van der Waals surface area contributed by atoms with Crippen molar-refractivity contribution in [1.82, 2.24) is 9.78 Å². The van der Waals surface area contributed by atoms with E-state index < -0.39 is 0 Å². The van der Waals surface area contributed by atoms with E-state index in [4.69, 9.17) is 9.47 Å². The van der Waals surface area contributed by atoms with E-state index in [0.717, 1.165) is 29.9 Å². The lowest BCUT2D eigenvalue weighted by atomic mass is 10.1. The third-order valence-corrected chi connectivity index (χ3v) is 4.45. The van der Waals surface area contributed by atoms with Crippen LogP contribution in [-0.4, -0.2) is 35.1 Å². The van der Waals surface area contributed by atoms with Gasteiger partial charge in [0.1, 0.15) is 11.9 Å². The van der Waals surface area contributed by atoms with Gasteiger partial charge in [-0.3, -0.25) is 10.00 Å². The maximum atomic E-state index is 12.4. The van der Waals surface area contributed by atoms with E-state index in [0.29, 0.717) is 18.1 Å². The number of benzene rings is 2. The number of carbonyl (C=O) groups is 1. The molecule has 1 aromatic heterocycles. The molecule has 1 saturated heterocycles. The van der Waals surface area contributed by atoms with E-state index in [1.807, 2.05) is 55.7 Å². The highest BCUT2D eigenvalue weighted by atomic mass is 16.5. The average molecular weight is 378 g/mol. The van der Waals surface area contributed by atoms with Crippen molar-refractivity contribution in [2.45, 2.75) is 12.5 Å². The van der Waals surface area contributed by atoms with Crippen molar-refractivity contribution >= 4 is 17.5 Å². The first-order valence-corrected chi connectivity index (χ1v) is 9.19. The zero-order chi connectivity index (χ0) is 19.3. The fourth-order valence-electron chi connectivity index (χ4n) is 3.09. The summed E-state index contributed by atoms with van der Waals surface area (Å²) in [6, 6.07) is 16.8. The molecular formula is C21H22N4O3. The van der Waals surface area contributed by atoms with E-state index in [-0.39, 0.29) is 12.1 Å². The van der Waals surface area contributed by atoms with Crippen molar-refractivity contribution < 1.29 is 14.3 Å². The van der Waals surface area contributed by atoms with Crippen LogP contribution in [0.5, 0.6) is 5.75 Å². The Morgan fingerprint density at radius 1 is 1.14 bits per heavy atom. The first-order valence-electron chi connectivity index (χ1n) is 9.19. The van der Waals surface area contributed by atoms with Gasteiger partial charge in [-0.15, -0.1) is 0 Å². The van der Waals surface area contributed by atoms with Crippen molar-refractivity contribution in [3.63, 3.8) is 0 Å². The number of aromatic nitrogens is 2. The maximum absolute atomic E-state index is 12.4. The minimum Gasteiger partial charge on any atom is -0.488 e. The SMILES string of the molecule is Cn1cc(-c2ccccc2)c(NC(=O)Nc2ccc(OC3CCOC3)cc2)n1. The molecule has 2 heterocycles. The van der Waals surface area contributed by atoms with Crippen molar-refractivity contribution in [2.24, 2.45) is 7.05 Å². The Labute approximate surface area is 163 Å². The number of nitrogens with zero attached hydrogens (tertiary/aromatic N) is 2. The van der Waals surface area contributed by atoms with Gasteiger partial charge in [0, 0.05) is 30.9 Å². The molecule has 0 saturated carbocycles. The van der Waals surface area contributed by atoms with E-state index >= 15 is 0 Å². The molecule has 2 N–H and O–H groups in total. The number of urea groups is 1. The summed E-state index contributed by atoms with van der Waals surface area (Å²) >= 11 is 0. The molecule has 4 rings (SSSR count). The molecule has 144 valence electrons. The van der Waals surface area contributed by atoms with Crippen LogP contribution in [0.2, 0.25) is 0 Å². The minimum absolute atomic E-state index is 0.0997. The molecule has 1 aliphatic heterocycles. The highest BCUT2D eigenvalue weighted by molar-refractivity contribution is 6.01. The number of anilines is 2. The van der Waals surface area contributed by atoms with Gasteiger partial charge >= 0.3 is 6.03 Å². The fourth-order valence-corrected chi connectivity index (χ4v) is 3.09. The van der Waals surface area contributed by atoms with Crippen LogP contribution < -0.4 is 15.4 Å². The molecule has 1 unspecified atom stereocenters. The van der Waals surface area contributed by atoms with Gasteiger partial charge in [-0.1, -0.05) is 30.3 Å². The summed E-state index contributed by atoms with van der Waals surface area (Å²) in [6.45, 7) is 1.36. The Balaban J connectivity index is 1.39. The summed E-state index contributed by atoms with van der Waals surface area (Å²) in [6.07, 6.45) is 2.88. The molecule has 2 amide bonds. The Morgan fingerprint density at radius 2 is 1.93 bits per heavy atom. The van der Waals surface area contributed by atoms with Gasteiger partial charge in [0.15, 0.2) is 5.82 Å². The average Bonchev–Trinajstić information content (AvgIpc) is 3.33. The molecule has 0 bridgehead atoms. The molecule has 2 aromatic carbocycles. The van der Waals surface area contributed by atoms with Crippen molar-refractivity contribution in [3.05, 3.63) is 60.8 Å². The van der Waals surface area contributed by atoms with E-state index in [1.165, 1.54) is 0 Å². The molecule has 1 atom stereocenters. The summed E-state index contributed by atoms with van der Waals surface area (Å²) in [5.74, 6) is 1.27. The maximum Gasteiger partial charge on any atom is 0.324 e. The lowest BCUT2D eigenvalue weighted by molar-refractivity contribution is 0.141. The van der Waals surface area contributed by atoms with Gasteiger partial charge in [0.05, 0.1) is 13.2 Å². The van der Waals surface area contributed by atoms with Crippen LogP contribution in [0.15, 0.2) is 60.8 Å². The number of rotatable bonds is 5. The van der Waals surface area contributed by atoms with Crippen LogP contribution in [0.1, 0.15) is 6.42 Å². The zero-order valence-electron chi connectivity index (χ0n) is 15.6. The Morgan fingerprint density at radius 3 is 2.64 bits per heavy atom. The van der Waals surface area contributed by atoms with E-state index in [9.17, 15) is 4.79 Å². The summed E-state index contributed by atoms with van der Waals surface area (Å²) in [7, 11) is 1.82. The highest BCUT2D eigenvalue weighted by Gasteiger charge is 2.17. The number of carbonyl (C=O) groups excluding carboxylic acids is 1. The molecule has 7 heteroatoms. The summed E-state index contributed by atoms with van der Waals surface area (Å²) in [4.78, 5) is 12.4.